The topological polar surface area (TPSA) is 6.48 Å². The molecule has 0 saturated heterocycles. The van der Waals surface area contributed by atoms with Crippen molar-refractivity contribution in [2.24, 2.45) is 0 Å². The Balaban J connectivity index is 2.20. The van der Waals surface area contributed by atoms with Gasteiger partial charge in [-0.1, -0.05) is 136 Å². The van der Waals surface area contributed by atoms with Gasteiger partial charge in [0.25, 0.3) is 0 Å². The molecule has 4 heteroatoms. The van der Waals surface area contributed by atoms with Crippen LogP contribution in [0, 0.1) is 0 Å². The molecule has 0 aromatic heterocycles. The number of nitrogens with zero attached hydrogens (tertiary/aromatic N) is 2. The lowest BCUT2D eigenvalue weighted by atomic mass is 10.0. The van der Waals surface area contributed by atoms with Crippen LogP contribution < -0.4 is 9.13 Å². The fraction of sp³-hybridized carbons (Fsp3) is 0.188. The molecule has 0 radical (unpaired) electrons. The Morgan fingerprint density at radius 2 is 0.639 bits per heavy atom. The number of benzene rings is 4. The Bertz CT molecular complexity index is 1170. The van der Waals surface area contributed by atoms with Gasteiger partial charge < -0.3 is 9.13 Å². The fourth-order valence-electron chi connectivity index (χ4n) is 4.79. The first-order chi connectivity index (χ1) is 17.2. The van der Waals surface area contributed by atoms with Gasteiger partial charge in [-0.3, -0.25) is 0 Å². The van der Waals surface area contributed by atoms with Gasteiger partial charge >= 0.3 is 0 Å². The third kappa shape index (κ3) is 5.72. The van der Waals surface area contributed by atoms with E-state index in [2.05, 4.69) is 170 Å². The minimum Gasteiger partial charge on any atom is -0.367 e. The van der Waals surface area contributed by atoms with Crippen molar-refractivity contribution in [3.05, 3.63) is 132 Å². The molecule has 0 aliphatic heterocycles. The first-order valence-electron chi connectivity index (χ1n) is 12.7. The molecule has 0 heterocycles. The van der Waals surface area contributed by atoms with Crippen molar-refractivity contribution in [1.29, 1.82) is 0 Å². The zero-order valence-electron chi connectivity index (χ0n) is 22.4. The summed E-state index contributed by atoms with van der Waals surface area (Å²) in [5.41, 5.74) is 7.51. The van der Waals surface area contributed by atoms with E-state index in [4.69, 9.17) is 0 Å². The minimum atomic E-state index is -1.91. The van der Waals surface area contributed by atoms with Gasteiger partial charge in [0.15, 0.2) is 16.5 Å². The lowest BCUT2D eigenvalue weighted by molar-refractivity contribution is 1.27. The van der Waals surface area contributed by atoms with E-state index in [0.717, 1.165) is 0 Å². The van der Waals surface area contributed by atoms with Gasteiger partial charge in [0.2, 0.25) is 0 Å². The smallest absolute Gasteiger partial charge is 0.153 e. The van der Waals surface area contributed by atoms with Crippen molar-refractivity contribution in [3.8, 4) is 0 Å². The highest BCUT2D eigenvalue weighted by atomic mass is 28.3. The maximum Gasteiger partial charge on any atom is 0.153 e. The predicted octanol–water partition coefficient (Wildman–Crippen LogP) is 9.20. The highest BCUT2D eigenvalue weighted by Gasteiger charge is 2.36. The average molecular weight is 507 g/mol. The van der Waals surface area contributed by atoms with E-state index in [1.807, 2.05) is 0 Å². The lowest BCUT2D eigenvalue weighted by Crippen LogP contribution is -2.49. The molecule has 4 aromatic rings. The molecule has 0 saturated carbocycles. The Morgan fingerprint density at radius 3 is 0.889 bits per heavy atom. The first kappa shape index (κ1) is 25.7. The second kappa shape index (κ2) is 10.7. The number of hydrogen-bond acceptors (Lipinski definition) is 2. The summed E-state index contributed by atoms with van der Waals surface area (Å²) in [6.45, 7) is 14.6. The quantitative estimate of drug-likeness (QED) is 0.174. The van der Waals surface area contributed by atoms with E-state index in [0.29, 0.717) is 0 Å². The summed E-state index contributed by atoms with van der Waals surface area (Å²) in [7, 11) is -3.82. The Kier molecular flexibility index (Phi) is 7.67. The van der Waals surface area contributed by atoms with Gasteiger partial charge in [-0.15, -0.1) is 0 Å². The summed E-state index contributed by atoms with van der Waals surface area (Å²) in [4.78, 5) is 0. The number of para-hydroxylation sites is 2. The molecule has 2 nitrogen and oxygen atoms in total. The molecule has 0 aliphatic rings. The molecule has 184 valence electrons. The van der Waals surface area contributed by atoms with Crippen LogP contribution >= 0.6 is 0 Å². The van der Waals surface area contributed by atoms with Crippen LogP contribution in [0.5, 0.6) is 0 Å². The second-order valence-electron chi connectivity index (χ2n) is 11.1. The lowest BCUT2D eigenvalue weighted by Gasteiger charge is -2.45. The monoisotopic (exact) mass is 506 g/mol. The standard InChI is InChI=1S/C32H38N2Si2/c1-35(2,3)33(29-23-15-9-16-24-29)31(27-19-11-7-12-20-27)32(28-21-13-8-14-22-28)34(36(4,5)6)30-25-17-10-18-26-30/h7-26H,1-6H3/b32-31-. The van der Waals surface area contributed by atoms with Crippen molar-refractivity contribution >= 4 is 39.2 Å². The maximum absolute atomic E-state index is 2.65. The molecule has 0 amide bonds. The van der Waals surface area contributed by atoms with Crippen LogP contribution in [0.15, 0.2) is 121 Å². The van der Waals surface area contributed by atoms with Crippen LogP contribution in [-0.2, 0) is 0 Å². The molecule has 0 atom stereocenters. The molecule has 0 fully saturated rings. The largest absolute Gasteiger partial charge is 0.367 e. The van der Waals surface area contributed by atoms with Crippen LogP contribution in [0.3, 0.4) is 0 Å². The summed E-state index contributed by atoms with van der Waals surface area (Å²) in [5.74, 6) is 0. The Labute approximate surface area is 219 Å². The minimum absolute atomic E-state index is 1.24. The third-order valence-corrected chi connectivity index (χ3v) is 9.78. The van der Waals surface area contributed by atoms with E-state index >= 15 is 0 Å². The van der Waals surface area contributed by atoms with Gasteiger partial charge in [-0.25, -0.2) is 0 Å². The predicted molar refractivity (Wildman–Crippen MR) is 164 cm³/mol. The number of hydrogen-bond donors (Lipinski definition) is 0. The van der Waals surface area contributed by atoms with Crippen LogP contribution in [0.25, 0.3) is 11.4 Å². The summed E-state index contributed by atoms with van der Waals surface area (Å²) in [5, 5.41) is 0. The van der Waals surface area contributed by atoms with E-state index < -0.39 is 16.5 Å². The Hall–Kier alpha value is -3.35. The highest BCUT2D eigenvalue weighted by molar-refractivity contribution is 6.83. The summed E-state index contributed by atoms with van der Waals surface area (Å²) in [6, 6.07) is 43.8. The maximum atomic E-state index is 2.65. The SMILES string of the molecule is C[Si](C)(C)N(/C(=C(/c1ccccc1)N(c1ccccc1)[Si](C)(C)C)c1ccccc1)c1ccccc1. The molecule has 0 spiro atoms. The fourth-order valence-corrected chi connectivity index (χ4v) is 8.45. The van der Waals surface area contributed by atoms with Crippen LogP contribution in [0.4, 0.5) is 11.4 Å². The zero-order valence-corrected chi connectivity index (χ0v) is 24.4. The first-order valence-corrected chi connectivity index (χ1v) is 19.6. The number of anilines is 2. The third-order valence-electron chi connectivity index (χ3n) is 6.14. The Morgan fingerprint density at radius 1 is 0.389 bits per heavy atom. The summed E-state index contributed by atoms with van der Waals surface area (Å²) < 4.78 is 5.31. The molecule has 4 rings (SSSR count). The van der Waals surface area contributed by atoms with Gasteiger partial charge in [-0.05, 0) is 35.4 Å². The summed E-state index contributed by atoms with van der Waals surface area (Å²) >= 11 is 0. The normalized spacial score (nSPS) is 12.6. The van der Waals surface area contributed by atoms with Crippen LogP contribution in [0.2, 0.25) is 39.3 Å². The molecule has 0 unspecified atom stereocenters. The van der Waals surface area contributed by atoms with E-state index in [-0.39, 0.29) is 0 Å². The zero-order chi connectivity index (χ0) is 25.8. The molecule has 36 heavy (non-hydrogen) atoms. The second-order valence-corrected chi connectivity index (χ2v) is 20.7. The van der Waals surface area contributed by atoms with Crippen molar-refractivity contribution in [3.63, 3.8) is 0 Å². The van der Waals surface area contributed by atoms with Crippen molar-refractivity contribution in [2.75, 3.05) is 9.13 Å². The molecular weight excluding hydrogens is 469 g/mol. The molecule has 0 aliphatic carbocycles. The van der Waals surface area contributed by atoms with Gasteiger partial charge in [0, 0.05) is 11.4 Å². The van der Waals surface area contributed by atoms with Crippen molar-refractivity contribution < 1.29 is 0 Å². The van der Waals surface area contributed by atoms with E-state index in [1.165, 1.54) is 33.9 Å². The van der Waals surface area contributed by atoms with E-state index in [9.17, 15) is 0 Å². The van der Waals surface area contributed by atoms with Gasteiger partial charge in [0.05, 0.1) is 11.4 Å². The number of rotatable bonds is 8. The van der Waals surface area contributed by atoms with Crippen LogP contribution in [-0.4, -0.2) is 16.5 Å². The van der Waals surface area contributed by atoms with Gasteiger partial charge in [0.1, 0.15) is 0 Å². The molecule has 0 bridgehead atoms. The summed E-state index contributed by atoms with van der Waals surface area (Å²) in [6.07, 6.45) is 0. The molecule has 0 N–H and O–H groups in total. The molecule has 4 aromatic carbocycles. The van der Waals surface area contributed by atoms with Crippen molar-refractivity contribution in [2.45, 2.75) is 39.3 Å². The molecular formula is C32H38N2Si2. The van der Waals surface area contributed by atoms with Gasteiger partial charge in [-0.2, -0.15) is 0 Å². The average Bonchev–Trinajstić information content (AvgIpc) is 2.86. The van der Waals surface area contributed by atoms with E-state index in [1.54, 1.807) is 0 Å². The van der Waals surface area contributed by atoms with Crippen molar-refractivity contribution in [1.82, 2.24) is 0 Å². The highest BCUT2D eigenvalue weighted by Crippen LogP contribution is 2.42. The van der Waals surface area contributed by atoms with Crippen LogP contribution in [0.1, 0.15) is 11.1 Å².